The van der Waals surface area contributed by atoms with Crippen LogP contribution in [0.1, 0.15) is 5.56 Å². The quantitative estimate of drug-likeness (QED) is 0.851. The molecule has 0 aliphatic carbocycles. The third kappa shape index (κ3) is 3.53. The summed E-state index contributed by atoms with van der Waals surface area (Å²) in [5.41, 5.74) is 1.02. The zero-order chi connectivity index (χ0) is 13.8. The fourth-order valence-electron chi connectivity index (χ4n) is 1.49. The summed E-state index contributed by atoms with van der Waals surface area (Å²) in [5, 5.41) is 3.73. The van der Waals surface area contributed by atoms with Crippen molar-refractivity contribution in [2.45, 2.75) is 6.61 Å². The van der Waals surface area contributed by atoms with Gasteiger partial charge < -0.3 is 10.1 Å². The predicted octanol–water partition coefficient (Wildman–Crippen LogP) is 4.77. The predicted molar refractivity (Wildman–Crippen MR) is 82.3 cm³/mol. The van der Waals surface area contributed by atoms with Gasteiger partial charge in [0.1, 0.15) is 17.4 Å². The first-order valence-corrected chi connectivity index (χ1v) is 7.06. The van der Waals surface area contributed by atoms with Crippen LogP contribution in [0.15, 0.2) is 34.8 Å². The molecule has 1 heterocycles. The summed E-state index contributed by atoms with van der Waals surface area (Å²) in [7, 11) is 1.74. The molecule has 0 amide bonds. The molecule has 19 heavy (non-hydrogen) atoms. The van der Waals surface area contributed by atoms with Crippen LogP contribution in [0.5, 0.6) is 5.88 Å². The van der Waals surface area contributed by atoms with Gasteiger partial charge in [-0.1, -0.05) is 57.3 Å². The van der Waals surface area contributed by atoms with E-state index in [1.165, 1.54) is 0 Å². The van der Waals surface area contributed by atoms with Gasteiger partial charge in [0.05, 0.1) is 5.02 Å². The Bertz CT molecular complexity index is 593. The highest BCUT2D eigenvalue weighted by atomic mass is 79.9. The molecule has 2 rings (SSSR count). The van der Waals surface area contributed by atoms with Gasteiger partial charge in [-0.15, -0.1) is 0 Å². The summed E-state index contributed by atoms with van der Waals surface area (Å²) < 4.78 is 6.61. The van der Waals surface area contributed by atoms with Gasteiger partial charge in [0.25, 0.3) is 0 Å². The summed E-state index contributed by atoms with van der Waals surface area (Å²) in [6.07, 6.45) is 0. The number of hydrogen-bond acceptors (Lipinski definition) is 3. The minimum Gasteiger partial charge on any atom is -0.472 e. The number of ether oxygens (including phenoxy) is 1. The van der Waals surface area contributed by atoms with Crippen LogP contribution >= 0.6 is 39.1 Å². The van der Waals surface area contributed by atoms with Crippen molar-refractivity contribution in [3.63, 3.8) is 0 Å². The van der Waals surface area contributed by atoms with Crippen molar-refractivity contribution in [3.05, 3.63) is 50.4 Å². The van der Waals surface area contributed by atoms with E-state index in [1.54, 1.807) is 13.1 Å². The second-order valence-corrected chi connectivity index (χ2v) is 5.40. The number of rotatable bonds is 4. The molecule has 100 valence electrons. The third-order valence-corrected chi connectivity index (χ3v) is 3.79. The minimum absolute atomic E-state index is 0.353. The molecule has 1 aromatic carbocycles. The Morgan fingerprint density at radius 3 is 2.68 bits per heavy atom. The van der Waals surface area contributed by atoms with E-state index < -0.39 is 0 Å². The van der Waals surface area contributed by atoms with Crippen LogP contribution in [-0.2, 0) is 6.61 Å². The van der Waals surface area contributed by atoms with E-state index in [1.807, 2.05) is 24.3 Å². The van der Waals surface area contributed by atoms with Crippen LogP contribution in [-0.4, -0.2) is 12.0 Å². The maximum atomic E-state index is 6.05. The highest BCUT2D eigenvalue weighted by Crippen LogP contribution is 2.31. The van der Waals surface area contributed by atoms with Gasteiger partial charge >= 0.3 is 0 Å². The van der Waals surface area contributed by atoms with Crippen molar-refractivity contribution >= 4 is 44.9 Å². The van der Waals surface area contributed by atoms with Crippen LogP contribution in [0, 0.1) is 0 Å². The van der Waals surface area contributed by atoms with Crippen LogP contribution in [0.2, 0.25) is 10.0 Å². The molecule has 0 fully saturated rings. The number of aromatic nitrogens is 1. The van der Waals surface area contributed by atoms with Gasteiger partial charge in [0.15, 0.2) is 0 Å². The van der Waals surface area contributed by atoms with E-state index >= 15 is 0 Å². The average molecular weight is 362 g/mol. The molecule has 6 heteroatoms. The van der Waals surface area contributed by atoms with Crippen LogP contribution in [0.3, 0.4) is 0 Å². The zero-order valence-electron chi connectivity index (χ0n) is 10.1. The lowest BCUT2D eigenvalue weighted by Gasteiger charge is -2.11. The lowest BCUT2D eigenvalue weighted by atomic mass is 10.2. The molecular weight excluding hydrogens is 351 g/mol. The van der Waals surface area contributed by atoms with E-state index in [4.69, 9.17) is 27.9 Å². The minimum atomic E-state index is 0.353. The molecule has 0 aliphatic heterocycles. The Hall–Kier alpha value is -0.970. The largest absolute Gasteiger partial charge is 0.472 e. The van der Waals surface area contributed by atoms with Gasteiger partial charge in [0, 0.05) is 17.1 Å². The second-order valence-electron chi connectivity index (χ2n) is 3.74. The summed E-state index contributed by atoms with van der Waals surface area (Å²) in [5.74, 6) is 0.888. The van der Waals surface area contributed by atoms with Crippen LogP contribution < -0.4 is 10.1 Å². The molecule has 0 aliphatic rings. The highest BCUT2D eigenvalue weighted by Gasteiger charge is 2.10. The normalized spacial score (nSPS) is 10.3. The molecule has 1 N–H and O–H groups in total. The van der Waals surface area contributed by atoms with Crippen molar-refractivity contribution in [2.75, 3.05) is 12.4 Å². The maximum absolute atomic E-state index is 6.05. The van der Waals surface area contributed by atoms with E-state index in [0.29, 0.717) is 28.3 Å². The molecule has 0 atom stereocenters. The number of pyridine rings is 1. The Morgan fingerprint density at radius 1 is 1.26 bits per heavy atom. The average Bonchev–Trinajstić information content (AvgIpc) is 2.39. The van der Waals surface area contributed by atoms with Crippen molar-refractivity contribution in [3.8, 4) is 5.88 Å². The SMILES string of the molecule is CNc1nc(OCc2ccccc2Br)c(Cl)cc1Cl. The first kappa shape index (κ1) is 14.4. The topological polar surface area (TPSA) is 34.2 Å². The van der Waals surface area contributed by atoms with Gasteiger partial charge in [-0.3, -0.25) is 0 Å². The number of hydrogen-bond donors (Lipinski definition) is 1. The summed E-state index contributed by atoms with van der Waals surface area (Å²) in [4.78, 5) is 4.22. The molecular formula is C13H11BrCl2N2O. The monoisotopic (exact) mass is 360 g/mol. The summed E-state index contributed by atoms with van der Waals surface area (Å²) >= 11 is 15.5. The van der Waals surface area contributed by atoms with Gasteiger partial charge in [-0.05, 0) is 12.1 Å². The zero-order valence-corrected chi connectivity index (χ0v) is 13.2. The Morgan fingerprint density at radius 2 is 2.00 bits per heavy atom. The first-order chi connectivity index (χ1) is 9.11. The van der Waals surface area contributed by atoms with Gasteiger partial charge in [-0.25, -0.2) is 0 Å². The standard InChI is InChI=1S/C13H11BrCl2N2O/c1-17-12-10(15)6-11(16)13(18-12)19-7-8-4-2-3-5-9(8)14/h2-6H,7H2,1H3,(H,17,18). The molecule has 0 unspecified atom stereocenters. The number of halogens is 3. The molecule has 2 aromatic rings. The first-order valence-electron chi connectivity index (χ1n) is 5.52. The third-order valence-electron chi connectivity index (χ3n) is 2.46. The van der Waals surface area contributed by atoms with Crippen LogP contribution in [0.25, 0.3) is 0 Å². The van der Waals surface area contributed by atoms with Gasteiger partial charge in [0.2, 0.25) is 5.88 Å². The number of benzene rings is 1. The smallest absolute Gasteiger partial charge is 0.234 e. The van der Waals surface area contributed by atoms with Crippen molar-refractivity contribution < 1.29 is 4.74 Å². The highest BCUT2D eigenvalue weighted by molar-refractivity contribution is 9.10. The summed E-state index contributed by atoms with van der Waals surface area (Å²) in [6, 6.07) is 9.42. The van der Waals surface area contributed by atoms with Crippen molar-refractivity contribution in [2.24, 2.45) is 0 Å². The van der Waals surface area contributed by atoms with Gasteiger partial charge in [-0.2, -0.15) is 4.98 Å². The van der Waals surface area contributed by atoms with E-state index in [9.17, 15) is 0 Å². The Kier molecular flexibility index (Phi) is 4.91. The lowest BCUT2D eigenvalue weighted by molar-refractivity contribution is 0.294. The molecule has 3 nitrogen and oxygen atoms in total. The Labute approximate surface area is 130 Å². The summed E-state index contributed by atoms with van der Waals surface area (Å²) in [6.45, 7) is 0.374. The molecule has 1 aromatic heterocycles. The lowest BCUT2D eigenvalue weighted by Crippen LogP contribution is -2.01. The fraction of sp³-hybridized carbons (Fsp3) is 0.154. The second kappa shape index (κ2) is 6.46. The van der Waals surface area contributed by atoms with Crippen LogP contribution in [0.4, 0.5) is 5.82 Å². The van der Waals surface area contributed by atoms with E-state index in [0.717, 1.165) is 10.0 Å². The number of anilines is 1. The molecule has 0 radical (unpaired) electrons. The van der Waals surface area contributed by atoms with Crippen molar-refractivity contribution in [1.29, 1.82) is 0 Å². The Balaban J connectivity index is 2.18. The molecule has 0 saturated heterocycles. The van der Waals surface area contributed by atoms with Crippen molar-refractivity contribution in [1.82, 2.24) is 4.98 Å². The fourth-order valence-corrected chi connectivity index (χ4v) is 2.39. The molecule has 0 spiro atoms. The molecule has 0 bridgehead atoms. The number of nitrogens with zero attached hydrogens (tertiary/aromatic N) is 1. The maximum Gasteiger partial charge on any atom is 0.234 e. The number of nitrogens with one attached hydrogen (secondary N) is 1. The van der Waals surface area contributed by atoms with E-state index in [2.05, 4.69) is 26.2 Å². The van der Waals surface area contributed by atoms with E-state index in [-0.39, 0.29) is 0 Å². The molecule has 0 saturated carbocycles.